The number of rotatable bonds is 3. The van der Waals surface area contributed by atoms with Gasteiger partial charge in [-0.15, -0.1) is 0 Å². The summed E-state index contributed by atoms with van der Waals surface area (Å²) >= 11 is 0. The zero-order chi connectivity index (χ0) is 15.6. The van der Waals surface area contributed by atoms with Crippen LogP contribution in [0.1, 0.15) is 22.8 Å². The van der Waals surface area contributed by atoms with Crippen LogP contribution in [0.15, 0.2) is 42.5 Å². The normalized spacial score (nSPS) is 13.2. The van der Waals surface area contributed by atoms with Crippen LogP contribution in [0.5, 0.6) is 0 Å². The molecule has 0 aliphatic rings. The van der Waals surface area contributed by atoms with Crippen molar-refractivity contribution < 1.29 is 27.1 Å². The fraction of sp³-hybridized carbons (Fsp3) is 0.200. The minimum absolute atomic E-state index is 0.00318. The van der Waals surface area contributed by atoms with Gasteiger partial charge in [-0.05, 0) is 35.4 Å². The van der Waals surface area contributed by atoms with E-state index < -0.39 is 29.5 Å². The molecule has 1 unspecified atom stereocenters. The third kappa shape index (κ3) is 3.78. The Hall–Kier alpha value is -1.95. The standard InChI is InChI=1S/C15H11F5O/c16-11-4-1-9(2-5-11)7-14(21)10-3-6-13(17)12(8-10)15(18,19)20/h1-6,8,14,21H,7H2. The molecule has 0 heterocycles. The number of alkyl halides is 3. The molecule has 0 radical (unpaired) electrons. The molecule has 0 aliphatic carbocycles. The Bertz CT molecular complexity index is 619. The lowest BCUT2D eigenvalue weighted by molar-refractivity contribution is -0.140. The molecule has 1 nitrogen and oxygen atoms in total. The Balaban J connectivity index is 2.23. The highest BCUT2D eigenvalue weighted by molar-refractivity contribution is 5.30. The number of aliphatic hydroxyl groups excluding tert-OH is 1. The van der Waals surface area contributed by atoms with Gasteiger partial charge in [-0.3, -0.25) is 0 Å². The van der Waals surface area contributed by atoms with Crippen molar-refractivity contribution in [2.24, 2.45) is 0 Å². The van der Waals surface area contributed by atoms with Crippen molar-refractivity contribution >= 4 is 0 Å². The number of hydrogen-bond donors (Lipinski definition) is 1. The molecule has 2 rings (SSSR count). The van der Waals surface area contributed by atoms with E-state index in [9.17, 15) is 27.1 Å². The number of aliphatic hydroxyl groups is 1. The molecule has 21 heavy (non-hydrogen) atoms. The average molecular weight is 302 g/mol. The van der Waals surface area contributed by atoms with Crippen LogP contribution in [-0.4, -0.2) is 5.11 Å². The van der Waals surface area contributed by atoms with Crippen molar-refractivity contribution in [2.75, 3.05) is 0 Å². The Morgan fingerprint density at radius 2 is 1.57 bits per heavy atom. The van der Waals surface area contributed by atoms with E-state index in [0.29, 0.717) is 17.7 Å². The van der Waals surface area contributed by atoms with Gasteiger partial charge in [0.25, 0.3) is 0 Å². The van der Waals surface area contributed by atoms with Crippen LogP contribution in [0.4, 0.5) is 22.0 Å². The summed E-state index contributed by atoms with van der Waals surface area (Å²) < 4.78 is 63.7. The van der Waals surface area contributed by atoms with Gasteiger partial charge in [0.2, 0.25) is 0 Å². The van der Waals surface area contributed by atoms with E-state index >= 15 is 0 Å². The molecule has 1 atom stereocenters. The molecule has 0 fully saturated rings. The highest BCUT2D eigenvalue weighted by Crippen LogP contribution is 2.33. The zero-order valence-corrected chi connectivity index (χ0v) is 10.7. The van der Waals surface area contributed by atoms with Crippen molar-refractivity contribution in [1.29, 1.82) is 0 Å². The van der Waals surface area contributed by atoms with Crippen LogP contribution < -0.4 is 0 Å². The molecular formula is C15H11F5O. The predicted octanol–water partition coefficient (Wildman–Crippen LogP) is 4.26. The lowest BCUT2D eigenvalue weighted by atomic mass is 9.99. The van der Waals surface area contributed by atoms with Gasteiger partial charge in [0.15, 0.2) is 0 Å². The molecule has 0 aromatic heterocycles. The molecule has 0 spiro atoms. The summed E-state index contributed by atoms with van der Waals surface area (Å²) in [5.41, 5.74) is -0.909. The molecule has 6 heteroatoms. The molecule has 0 aliphatic heterocycles. The number of halogens is 5. The van der Waals surface area contributed by atoms with E-state index in [1.165, 1.54) is 24.3 Å². The Kier molecular flexibility index (Phi) is 4.27. The van der Waals surface area contributed by atoms with Crippen LogP contribution in [-0.2, 0) is 12.6 Å². The largest absolute Gasteiger partial charge is 0.419 e. The first-order valence-corrected chi connectivity index (χ1v) is 6.06. The highest BCUT2D eigenvalue weighted by atomic mass is 19.4. The molecule has 0 saturated heterocycles. The van der Waals surface area contributed by atoms with E-state index in [1.54, 1.807) is 0 Å². The van der Waals surface area contributed by atoms with Crippen molar-refractivity contribution in [1.82, 2.24) is 0 Å². The molecule has 112 valence electrons. The second-order valence-corrected chi connectivity index (χ2v) is 4.58. The zero-order valence-electron chi connectivity index (χ0n) is 10.7. The lowest BCUT2D eigenvalue weighted by Crippen LogP contribution is -2.10. The number of hydrogen-bond acceptors (Lipinski definition) is 1. The van der Waals surface area contributed by atoms with Gasteiger partial charge in [-0.25, -0.2) is 8.78 Å². The van der Waals surface area contributed by atoms with Gasteiger partial charge in [0, 0.05) is 6.42 Å². The number of benzene rings is 2. The minimum Gasteiger partial charge on any atom is -0.388 e. The summed E-state index contributed by atoms with van der Waals surface area (Å²) in [7, 11) is 0. The first-order chi connectivity index (χ1) is 9.77. The van der Waals surface area contributed by atoms with Crippen molar-refractivity contribution in [2.45, 2.75) is 18.7 Å². The van der Waals surface area contributed by atoms with Gasteiger partial charge in [0.05, 0.1) is 11.7 Å². The van der Waals surface area contributed by atoms with Crippen molar-refractivity contribution in [3.63, 3.8) is 0 Å². The van der Waals surface area contributed by atoms with Crippen molar-refractivity contribution in [3.05, 3.63) is 70.8 Å². The first kappa shape index (κ1) is 15.4. The van der Waals surface area contributed by atoms with E-state index in [1.807, 2.05) is 0 Å². The first-order valence-electron chi connectivity index (χ1n) is 6.06. The Labute approximate surface area is 117 Å². The van der Waals surface area contributed by atoms with Gasteiger partial charge in [0.1, 0.15) is 11.6 Å². The topological polar surface area (TPSA) is 20.2 Å². The fourth-order valence-electron chi connectivity index (χ4n) is 1.93. The summed E-state index contributed by atoms with van der Waals surface area (Å²) in [6, 6.07) is 7.58. The summed E-state index contributed by atoms with van der Waals surface area (Å²) in [6.07, 6.45) is -6.06. The maximum absolute atomic E-state index is 13.2. The smallest absolute Gasteiger partial charge is 0.388 e. The summed E-state index contributed by atoms with van der Waals surface area (Å²) in [5.74, 6) is -1.84. The summed E-state index contributed by atoms with van der Waals surface area (Å²) in [6.45, 7) is 0. The van der Waals surface area contributed by atoms with Crippen LogP contribution in [0.3, 0.4) is 0 Å². The second kappa shape index (κ2) is 5.81. The predicted molar refractivity (Wildman–Crippen MR) is 66.5 cm³/mol. The molecule has 0 bridgehead atoms. The highest BCUT2D eigenvalue weighted by Gasteiger charge is 2.34. The molecule has 0 saturated carbocycles. The second-order valence-electron chi connectivity index (χ2n) is 4.58. The minimum atomic E-state index is -4.82. The summed E-state index contributed by atoms with van der Waals surface area (Å²) in [4.78, 5) is 0. The summed E-state index contributed by atoms with van der Waals surface area (Å²) in [5, 5.41) is 9.94. The van der Waals surface area contributed by atoms with Gasteiger partial charge in [-0.2, -0.15) is 13.2 Å². The molecule has 2 aromatic rings. The Morgan fingerprint density at radius 1 is 0.952 bits per heavy atom. The van der Waals surface area contributed by atoms with E-state index in [0.717, 1.165) is 6.07 Å². The van der Waals surface area contributed by atoms with Gasteiger partial charge >= 0.3 is 6.18 Å². The van der Waals surface area contributed by atoms with Gasteiger partial charge < -0.3 is 5.11 Å². The monoisotopic (exact) mass is 302 g/mol. The maximum Gasteiger partial charge on any atom is 0.419 e. The van der Waals surface area contributed by atoms with Crippen LogP contribution in [0.2, 0.25) is 0 Å². The quantitative estimate of drug-likeness (QED) is 0.840. The molecular weight excluding hydrogens is 291 g/mol. The fourth-order valence-corrected chi connectivity index (χ4v) is 1.93. The molecule has 1 N–H and O–H groups in total. The lowest BCUT2D eigenvalue weighted by Gasteiger charge is -2.14. The Morgan fingerprint density at radius 3 is 2.14 bits per heavy atom. The SMILES string of the molecule is OC(Cc1ccc(F)cc1)c1ccc(F)c(C(F)(F)F)c1. The maximum atomic E-state index is 13.2. The van der Waals surface area contributed by atoms with Crippen molar-refractivity contribution in [3.8, 4) is 0 Å². The molecule has 2 aromatic carbocycles. The van der Waals surface area contributed by atoms with Crippen LogP contribution in [0.25, 0.3) is 0 Å². The van der Waals surface area contributed by atoms with Crippen LogP contribution in [0, 0.1) is 11.6 Å². The molecule has 0 amide bonds. The third-order valence-electron chi connectivity index (χ3n) is 3.02. The van der Waals surface area contributed by atoms with E-state index in [-0.39, 0.29) is 12.0 Å². The van der Waals surface area contributed by atoms with E-state index in [4.69, 9.17) is 0 Å². The third-order valence-corrected chi connectivity index (χ3v) is 3.02. The van der Waals surface area contributed by atoms with Gasteiger partial charge in [-0.1, -0.05) is 18.2 Å². The van der Waals surface area contributed by atoms with E-state index in [2.05, 4.69) is 0 Å². The van der Waals surface area contributed by atoms with Crippen LogP contribution >= 0.6 is 0 Å². The average Bonchev–Trinajstić information content (AvgIpc) is 2.40.